The summed E-state index contributed by atoms with van der Waals surface area (Å²) in [6, 6.07) is 19.5. The van der Waals surface area contributed by atoms with E-state index in [0.29, 0.717) is 0 Å². The average molecular weight is 277 g/mol. The summed E-state index contributed by atoms with van der Waals surface area (Å²) >= 11 is 0. The smallest absolute Gasteiger partial charge is 0.348 e. The SMILES string of the molecule is CCOC(=O)C(C#N)=Cc1cccc(-c2ccccc2)c1. The number of benzene rings is 2. The number of ether oxygens (including phenoxy) is 1. The molecule has 2 aromatic rings. The van der Waals surface area contributed by atoms with E-state index in [1.54, 1.807) is 13.0 Å². The minimum absolute atomic E-state index is 0.00191. The summed E-state index contributed by atoms with van der Waals surface area (Å²) in [7, 11) is 0. The van der Waals surface area contributed by atoms with Crippen molar-refractivity contribution in [2.45, 2.75) is 6.92 Å². The maximum Gasteiger partial charge on any atom is 0.348 e. The van der Waals surface area contributed by atoms with Crippen molar-refractivity contribution in [2.75, 3.05) is 6.61 Å². The van der Waals surface area contributed by atoms with Crippen molar-refractivity contribution in [1.29, 1.82) is 5.26 Å². The van der Waals surface area contributed by atoms with E-state index < -0.39 is 5.97 Å². The number of esters is 1. The third-order valence-electron chi connectivity index (χ3n) is 2.92. The van der Waals surface area contributed by atoms with Gasteiger partial charge < -0.3 is 4.74 Å². The van der Waals surface area contributed by atoms with Crippen molar-refractivity contribution in [3.05, 3.63) is 65.7 Å². The largest absolute Gasteiger partial charge is 0.462 e. The fraction of sp³-hybridized carbons (Fsp3) is 0.111. The summed E-state index contributed by atoms with van der Waals surface area (Å²) in [5, 5.41) is 9.05. The first kappa shape index (κ1) is 14.5. The summed E-state index contributed by atoms with van der Waals surface area (Å²) in [6.45, 7) is 1.96. The number of hydrogen-bond acceptors (Lipinski definition) is 3. The van der Waals surface area contributed by atoms with Crippen molar-refractivity contribution in [3.8, 4) is 17.2 Å². The van der Waals surface area contributed by atoms with Gasteiger partial charge in [-0.2, -0.15) is 5.26 Å². The van der Waals surface area contributed by atoms with Crippen molar-refractivity contribution in [3.63, 3.8) is 0 Å². The number of carbonyl (C=O) groups excluding carboxylic acids is 1. The Hall–Kier alpha value is -2.86. The Kier molecular flexibility index (Phi) is 4.89. The molecule has 0 bridgehead atoms. The van der Waals surface area contributed by atoms with Crippen LogP contribution in [0.2, 0.25) is 0 Å². The second-order valence-corrected chi connectivity index (χ2v) is 4.38. The number of nitriles is 1. The molecule has 3 heteroatoms. The van der Waals surface area contributed by atoms with Gasteiger partial charge in [0.05, 0.1) is 6.61 Å². The Bertz CT molecular complexity index is 697. The molecule has 2 rings (SSSR count). The lowest BCUT2D eigenvalue weighted by Crippen LogP contribution is -2.05. The van der Waals surface area contributed by atoms with Crippen LogP contribution in [-0.4, -0.2) is 12.6 Å². The molecule has 0 atom stereocenters. The Morgan fingerprint density at radius 2 is 1.86 bits per heavy atom. The highest BCUT2D eigenvalue weighted by atomic mass is 16.5. The Morgan fingerprint density at radius 3 is 2.52 bits per heavy atom. The molecule has 104 valence electrons. The molecule has 21 heavy (non-hydrogen) atoms. The first-order chi connectivity index (χ1) is 10.2. The van der Waals surface area contributed by atoms with E-state index >= 15 is 0 Å². The van der Waals surface area contributed by atoms with Crippen molar-refractivity contribution in [2.24, 2.45) is 0 Å². The van der Waals surface area contributed by atoms with Crippen LogP contribution in [0.15, 0.2) is 60.2 Å². The number of nitrogens with zero attached hydrogens (tertiary/aromatic N) is 1. The highest BCUT2D eigenvalue weighted by molar-refractivity contribution is 5.98. The van der Waals surface area contributed by atoms with Crippen LogP contribution in [0.4, 0.5) is 0 Å². The van der Waals surface area contributed by atoms with Gasteiger partial charge in [-0.05, 0) is 35.8 Å². The summed E-state index contributed by atoms with van der Waals surface area (Å²) in [5.41, 5.74) is 2.91. The highest BCUT2D eigenvalue weighted by Gasteiger charge is 2.09. The maximum absolute atomic E-state index is 11.6. The highest BCUT2D eigenvalue weighted by Crippen LogP contribution is 2.21. The van der Waals surface area contributed by atoms with E-state index in [0.717, 1.165) is 16.7 Å². The first-order valence-corrected chi connectivity index (χ1v) is 6.69. The quantitative estimate of drug-likeness (QED) is 0.485. The lowest BCUT2D eigenvalue weighted by molar-refractivity contribution is -0.137. The standard InChI is InChI=1S/C18H15NO2/c1-2-21-18(20)17(13-19)12-14-7-6-10-16(11-14)15-8-4-3-5-9-15/h3-12H,2H2,1H3. The van der Waals surface area contributed by atoms with Crippen LogP contribution >= 0.6 is 0 Å². The molecule has 0 saturated carbocycles. The van der Waals surface area contributed by atoms with Gasteiger partial charge in [0.1, 0.15) is 11.6 Å². The zero-order chi connectivity index (χ0) is 15.1. The number of rotatable bonds is 4. The van der Waals surface area contributed by atoms with Crippen LogP contribution in [0.3, 0.4) is 0 Å². The summed E-state index contributed by atoms with van der Waals surface area (Å²) in [4.78, 5) is 11.6. The molecule has 0 aromatic heterocycles. The summed E-state index contributed by atoms with van der Waals surface area (Å²) in [6.07, 6.45) is 1.55. The predicted octanol–water partition coefficient (Wildman–Crippen LogP) is 3.82. The maximum atomic E-state index is 11.6. The molecule has 0 radical (unpaired) electrons. The molecule has 0 N–H and O–H groups in total. The lowest BCUT2D eigenvalue weighted by Gasteiger charge is -2.04. The molecular weight excluding hydrogens is 262 g/mol. The van der Waals surface area contributed by atoms with Crippen LogP contribution in [0, 0.1) is 11.3 Å². The van der Waals surface area contributed by atoms with Crippen molar-refractivity contribution < 1.29 is 9.53 Å². The third-order valence-corrected chi connectivity index (χ3v) is 2.92. The van der Waals surface area contributed by atoms with E-state index in [-0.39, 0.29) is 12.2 Å². The third kappa shape index (κ3) is 3.80. The molecule has 0 spiro atoms. The van der Waals surface area contributed by atoms with Crippen molar-refractivity contribution >= 4 is 12.0 Å². The van der Waals surface area contributed by atoms with Gasteiger partial charge in [-0.15, -0.1) is 0 Å². The molecular formula is C18H15NO2. The van der Waals surface area contributed by atoms with Crippen LogP contribution in [0.1, 0.15) is 12.5 Å². The first-order valence-electron chi connectivity index (χ1n) is 6.69. The van der Waals surface area contributed by atoms with E-state index in [4.69, 9.17) is 10.00 Å². The molecule has 0 aliphatic carbocycles. The zero-order valence-electron chi connectivity index (χ0n) is 11.7. The Morgan fingerprint density at radius 1 is 1.14 bits per heavy atom. The molecule has 3 nitrogen and oxygen atoms in total. The second-order valence-electron chi connectivity index (χ2n) is 4.38. The van der Waals surface area contributed by atoms with Gasteiger partial charge in [-0.25, -0.2) is 4.79 Å². The van der Waals surface area contributed by atoms with Gasteiger partial charge in [0.15, 0.2) is 0 Å². The van der Waals surface area contributed by atoms with Gasteiger partial charge in [-0.3, -0.25) is 0 Å². The zero-order valence-corrected chi connectivity index (χ0v) is 11.7. The van der Waals surface area contributed by atoms with Gasteiger partial charge in [0.25, 0.3) is 0 Å². The molecule has 0 unspecified atom stereocenters. The van der Waals surface area contributed by atoms with Crippen LogP contribution in [0.5, 0.6) is 0 Å². The molecule has 0 saturated heterocycles. The van der Waals surface area contributed by atoms with Crippen LogP contribution in [-0.2, 0) is 9.53 Å². The molecule has 0 heterocycles. The second kappa shape index (κ2) is 7.06. The molecule has 0 amide bonds. The van der Waals surface area contributed by atoms with Crippen molar-refractivity contribution in [1.82, 2.24) is 0 Å². The minimum Gasteiger partial charge on any atom is -0.462 e. The molecule has 2 aromatic carbocycles. The van der Waals surface area contributed by atoms with E-state index in [2.05, 4.69) is 0 Å². The molecule has 0 aliphatic rings. The van der Waals surface area contributed by atoms with Gasteiger partial charge in [-0.1, -0.05) is 48.5 Å². The average Bonchev–Trinajstić information content (AvgIpc) is 2.54. The van der Waals surface area contributed by atoms with E-state index in [1.807, 2.05) is 60.7 Å². The number of hydrogen-bond donors (Lipinski definition) is 0. The van der Waals surface area contributed by atoms with E-state index in [9.17, 15) is 4.79 Å². The normalized spacial score (nSPS) is 10.8. The molecule has 0 aliphatic heterocycles. The Labute approximate surface area is 124 Å². The van der Waals surface area contributed by atoms with Gasteiger partial charge >= 0.3 is 5.97 Å². The molecule has 0 fully saturated rings. The topological polar surface area (TPSA) is 50.1 Å². The fourth-order valence-corrected chi connectivity index (χ4v) is 1.95. The van der Waals surface area contributed by atoms with Gasteiger partial charge in [0.2, 0.25) is 0 Å². The van der Waals surface area contributed by atoms with E-state index in [1.165, 1.54) is 0 Å². The van der Waals surface area contributed by atoms with Crippen LogP contribution in [0.25, 0.3) is 17.2 Å². The Balaban J connectivity index is 2.33. The van der Waals surface area contributed by atoms with Gasteiger partial charge in [0, 0.05) is 0 Å². The fourth-order valence-electron chi connectivity index (χ4n) is 1.95. The minimum atomic E-state index is -0.592. The lowest BCUT2D eigenvalue weighted by atomic mass is 10.0. The predicted molar refractivity (Wildman–Crippen MR) is 82.1 cm³/mol. The van der Waals surface area contributed by atoms with Crippen LogP contribution < -0.4 is 0 Å². The monoisotopic (exact) mass is 277 g/mol. The number of carbonyl (C=O) groups is 1. The summed E-state index contributed by atoms with van der Waals surface area (Å²) < 4.78 is 4.85. The summed E-state index contributed by atoms with van der Waals surface area (Å²) in [5.74, 6) is -0.592.